The van der Waals surface area contributed by atoms with Gasteiger partial charge in [-0.25, -0.2) is 8.42 Å². The lowest BCUT2D eigenvalue weighted by Crippen LogP contribution is -2.30. The van der Waals surface area contributed by atoms with Gasteiger partial charge < -0.3 is 5.32 Å². The van der Waals surface area contributed by atoms with Crippen LogP contribution in [0.3, 0.4) is 0 Å². The molecule has 0 rings (SSSR count). The molecule has 0 amide bonds. The average Bonchev–Trinajstić information content (AvgIpc) is 2.09. The highest BCUT2D eigenvalue weighted by Crippen LogP contribution is 2.15. The highest BCUT2D eigenvalue weighted by Gasteiger charge is 2.14. The van der Waals surface area contributed by atoms with Crippen molar-refractivity contribution in [3.05, 3.63) is 0 Å². The van der Waals surface area contributed by atoms with Gasteiger partial charge in [-0.05, 0) is 32.7 Å². The molecule has 0 spiro atoms. The maximum atomic E-state index is 10.9. The van der Waals surface area contributed by atoms with Crippen LogP contribution < -0.4 is 5.32 Å². The summed E-state index contributed by atoms with van der Waals surface area (Å²) in [5, 5.41) is 3.21. The first-order chi connectivity index (χ1) is 6.40. The summed E-state index contributed by atoms with van der Waals surface area (Å²) in [4.78, 5) is 0. The molecule has 2 atom stereocenters. The normalized spacial score (nSPS) is 16.6. The Balaban J connectivity index is 3.85. The van der Waals surface area contributed by atoms with Crippen molar-refractivity contribution in [3.63, 3.8) is 0 Å². The lowest BCUT2D eigenvalue weighted by molar-refractivity contribution is 0.358. The van der Waals surface area contributed by atoms with Crippen molar-refractivity contribution in [2.24, 2.45) is 5.92 Å². The molecular weight excluding hydrogens is 198 g/mol. The molecule has 0 aliphatic rings. The molecule has 14 heavy (non-hydrogen) atoms. The van der Waals surface area contributed by atoms with Crippen LogP contribution in [-0.2, 0) is 9.84 Å². The van der Waals surface area contributed by atoms with Crippen molar-refractivity contribution in [2.75, 3.05) is 19.1 Å². The SMILES string of the molecule is CCC(CCCS(C)(=O)=O)C(C)NC. The van der Waals surface area contributed by atoms with E-state index in [0.29, 0.717) is 17.7 Å². The fraction of sp³-hybridized carbons (Fsp3) is 1.00. The Bertz CT molecular complexity index is 237. The Labute approximate surface area is 88.2 Å². The monoisotopic (exact) mass is 221 g/mol. The Kier molecular flexibility index (Phi) is 6.36. The van der Waals surface area contributed by atoms with Crippen LogP contribution in [0.15, 0.2) is 0 Å². The average molecular weight is 221 g/mol. The van der Waals surface area contributed by atoms with Crippen molar-refractivity contribution in [1.82, 2.24) is 5.32 Å². The molecule has 0 aromatic carbocycles. The second-order valence-electron chi connectivity index (χ2n) is 4.02. The summed E-state index contributed by atoms with van der Waals surface area (Å²) in [5.74, 6) is 0.904. The van der Waals surface area contributed by atoms with E-state index < -0.39 is 9.84 Å². The molecule has 0 heterocycles. The van der Waals surface area contributed by atoms with Gasteiger partial charge in [-0.2, -0.15) is 0 Å². The highest BCUT2D eigenvalue weighted by molar-refractivity contribution is 7.90. The van der Waals surface area contributed by atoms with E-state index >= 15 is 0 Å². The molecule has 0 aliphatic carbocycles. The quantitative estimate of drug-likeness (QED) is 0.707. The van der Waals surface area contributed by atoms with E-state index in [1.165, 1.54) is 6.26 Å². The lowest BCUT2D eigenvalue weighted by Gasteiger charge is -2.21. The zero-order valence-electron chi connectivity index (χ0n) is 9.71. The summed E-state index contributed by atoms with van der Waals surface area (Å²) < 4.78 is 21.8. The van der Waals surface area contributed by atoms with Crippen molar-refractivity contribution >= 4 is 9.84 Å². The zero-order valence-corrected chi connectivity index (χ0v) is 10.5. The smallest absolute Gasteiger partial charge is 0.147 e. The van der Waals surface area contributed by atoms with Crippen molar-refractivity contribution in [2.45, 2.75) is 39.2 Å². The molecule has 86 valence electrons. The molecule has 0 bridgehead atoms. The lowest BCUT2D eigenvalue weighted by atomic mass is 9.93. The molecule has 0 fully saturated rings. The van der Waals surface area contributed by atoms with E-state index in [9.17, 15) is 8.42 Å². The Morgan fingerprint density at radius 1 is 1.36 bits per heavy atom. The van der Waals surface area contributed by atoms with Crippen LogP contribution in [0.1, 0.15) is 33.1 Å². The summed E-state index contributed by atoms with van der Waals surface area (Å²) in [6.45, 7) is 4.30. The van der Waals surface area contributed by atoms with Crippen LogP contribution >= 0.6 is 0 Å². The fourth-order valence-corrected chi connectivity index (χ4v) is 2.34. The maximum Gasteiger partial charge on any atom is 0.147 e. The van der Waals surface area contributed by atoms with Crippen molar-refractivity contribution in [1.29, 1.82) is 0 Å². The second kappa shape index (κ2) is 6.40. The van der Waals surface area contributed by atoms with E-state index in [2.05, 4.69) is 19.2 Å². The van der Waals surface area contributed by atoms with Gasteiger partial charge in [0.25, 0.3) is 0 Å². The zero-order chi connectivity index (χ0) is 11.2. The largest absolute Gasteiger partial charge is 0.317 e. The number of nitrogens with one attached hydrogen (secondary N) is 1. The van der Waals surface area contributed by atoms with E-state index in [-0.39, 0.29) is 0 Å². The van der Waals surface area contributed by atoms with Gasteiger partial charge in [0.15, 0.2) is 0 Å². The first kappa shape index (κ1) is 13.9. The van der Waals surface area contributed by atoms with E-state index in [4.69, 9.17) is 0 Å². The van der Waals surface area contributed by atoms with Crippen LogP contribution in [0, 0.1) is 5.92 Å². The third-order valence-corrected chi connectivity index (χ3v) is 3.81. The van der Waals surface area contributed by atoms with Crippen molar-refractivity contribution in [3.8, 4) is 0 Å². The summed E-state index contributed by atoms with van der Waals surface area (Å²) in [5.41, 5.74) is 0. The van der Waals surface area contributed by atoms with Gasteiger partial charge in [0.05, 0.1) is 0 Å². The fourth-order valence-electron chi connectivity index (χ4n) is 1.65. The molecule has 0 aliphatic heterocycles. The molecule has 0 saturated heterocycles. The van der Waals surface area contributed by atoms with Crippen LogP contribution in [0.4, 0.5) is 0 Å². The van der Waals surface area contributed by atoms with E-state index in [1.807, 2.05) is 7.05 Å². The van der Waals surface area contributed by atoms with Crippen LogP contribution in [-0.4, -0.2) is 33.5 Å². The molecule has 4 heteroatoms. The van der Waals surface area contributed by atoms with Crippen LogP contribution in [0.25, 0.3) is 0 Å². The standard InChI is InChI=1S/C10H23NO2S/c1-5-10(9(2)11-3)7-6-8-14(4,12)13/h9-11H,5-8H2,1-4H3. The number of sulfone groups is 1. The minimum atomic E-state index is -2.78. The van der Waals surface area contributed by atoms with Crippen LogP contribution in [0.5, 0.6) is 0 Å². The minimum Gasteiger partial charge on any atom is -0.317 e. The number of hydrogen-bond donors (Lipinski definition) is 1. The molecule has 1 N–H and O–H groups in total. The minimum absolute atomic E-state index is 0.319. The van der Waals surface area contributed by atoms with Gasteiger partial charge in [0.1, 0.15) is 9.84 Å². The summed E-state index contributed by atoms with van der Waals surface area (Å²) in [6, 6.07) is 0.472. The van der Waals surface area contributed by atoms with Crippen LogP contribution in [0.2, 0.25) is 0 Å². The van der Waals surface area contributed by atoms with E-state index in [0.717, 1.165) is 19.3 Å². The molecule has 2 unspecified atom stereocenters. The predicted molar refractivity (Wildman–Crippen MR) is 61.2 cm³/mol. The van der Waals surface area contributed by atoms with Crippen molar-refractivity contribution < 1.29 is 8.42 Å². The molecule has 0 saturated carbocycles. The van der Waals surface area contributed by atoms with Gasteiger partial charge in [-0.1, -0.05) is 13.3 Å². The molecular formula is C10H23NO2S. The molecule has 3 nitrogen and oxygen atoms in total. The first-order valence-electron chi connectivity index (χ1n) is 5.25. The predicted octanol–water partition coefficient (Wildman–Crippen LogP) is 1.45. The van der Waals surface area contributed by atoms with Gasteiger partial charge in [0, 0.05) is 18.1 Å². The summed E-state index contributed by atoms with van der Waals surface area (Å²) in [6.07, 6.45) is 4.18. The van der Waals surface area contributed by atoms with Gasteiger partial charge >= 0.3 is 0 Å². The van der Waals surface area contributed by atoms with Gasteiger partial charge in [-0.3, -0.25) is 0 Å². The Morgan fingerprint density at radius 2 is 1.93 bits per heavy atom. The third-order valence-electron chi connectivity index (χ3n) is 2.78. The van der Waals surface area contributed by atoms with E-state index in [1.54, 1.807) is 0 Å². The van der Waals surface area contributed by atoms with Gasteiger partial charge in [-0.15, -0.1) is 0 Å². The maximum absolute atomic E-state index is 10.9. The number of rotatable bonds is 7. The third kappa shape index (κ3) is 6.38. The Morgan fingerprint density at radius 3 is 2.29 bits per heavy atom. The Hall–Kier alpha value is -0.0900. The highest BCUT2D eigenvalue weighted by atomic mass is 32.2. The number of hydrogen-bond acceptors (Lipinski definition) is 3. The first-order valence-corrected chi connectivity index (χ1v) is 7.31. The second-order valence-corrected chi connectivity index (χ2v) is 6.28. The van der Waals surface area contributed by atoms with Gasteiger partial charge in [0.2, 0.25) is 0 Å². The summed E-state index contributed by atoms with van der Waals surface area (Å²) >= 11 is 0. The molecule has 0 aromatic rings. The topological polar surface area (TPSA) is 46.2 Å². The molecule has 0 radical (unpaired) electrons. The molecule has 0 aromatic heterocycles. The summed E-state index contributed by atoms with van der Waals surface area (Å²) in [7, 11) is -0.833.